The van der Waals surface area contributed by atoms with E-state index in [-0.39, 0.29) is 11.4 Å². The summed E-state index contributed by atoms with van der Waals surface area (Å²) in [7, 11) is 4.23. The van der Waals surface area contributed by atoms with Crippen LogP contribution in [0.2, 0.25) is 0 Å². The van der Waals surface area contributed by atoms with Gasteiger partial charge in [-0.05, 0) is 40.3 Å². The van der Waals surface area contributed by atoms with E-state index in [0.717, 1.165) is 12.8 Å². The maximum atomic E-state index is 12.3. The zero-order chi connectivity index (χ0) is 15.0. The van der Waals surface area contributed by atoms with E-state index < -0.39 is 9.75 Å². The van der Waals surface area contributed by atoms with Crippen LogP contribution in [0.1, 0.15) is 51.9 Å². The maximum Gasteiger partial charge on any atom is 0.229 e. The van der Waals surface area contributed by atoms with E-state index in [1.165, 1.54) is 25.7 Å². The molecule has 0 bridgehead atoms. The van der Waals surface area contributed by atoms with E-state index in [2.05, 4.69) is 24.3 Å². The summed E-state index contributed by atoms with van der Waals surface area (Å²) in [4.78, 5) is 14.6. The monoisotopic (exact) mass is 320 g/mol. The number of carbonyl (C=O) groups excluding carboxylic acids is 1. The molecule has 0 aromatic rings. The number of likely N-dealkylation sites (N-methyl/N-ethyl adjacent to an activating group) is 1. The third-order valence-electron chi connectivity index (χ3n) is 5.32. The van der Waals surface area contributed by atoms with E-state index in [0.29, 0.717) is 13.0 Å². The third kappa shape index (κ3) is 2.95. The number of rotatable bonds is 4. The Morgan fingerprint density at radius 2 is 1.65 bits per heavy atom. The summed E-state index contributed by atoms with van der Waals surface area (Å²) in [5.74, 6) is -0.00651. The van der Waals surface area contributed by atoms with Crippen molar-refractivity contribution in [2.75, 3.05) is 20.6 Å². The molecule has 20 heavy (non-hydrogen) atoms. The highest BCUT2D eigenvalue weighted by atomic mass is 35.5. The van der Waals surface area contributed by atoms with Gasteiger partial charge in [0, 0.05) is 12.1 Å². The Bertz CT molecular complexity index is 376. The summed E-state index contributed by atoms with van der Waals surface area (Å²) in [5.41, 5.74) is -0.535. The molecule has 2 saturated carbocycles. The lowest BCUT2D eigenvalue weighted by Gasteiger charge is -2.40. The molecule has 0 heterocycles. The molecule has 2 fully saturated rings. The van der Waals surface area contributed by atoms with Crippen molar-refractivity contribution in [2.24, 2.45) is 5.41 Å². The van der Waals surface area contributed by atoms with Gasteiger partial charge in [0.1, 0.15) is 4.33 Å². The minimum absolute atomic E-state index is 0.00651. The smallest absolute Gasteiger partial charge is 0.229 e. The van der Waals surface area contributed by atoms with Gasteiger partial charge in [0.25, 0.3) is 0 Å². The van der Waals surface area contributed by atoms with Crippen LogP contribution in [0.5, 0.6) is 0 Å². The van der Waals surface area contributed by atoms with Gasteiger partial charge >= 0.3 is 0 Å². The van der Waals surface area contributed by atoms with Crippen molar-refractivity contribution >= 4 is 29.1 Å². The van der Waals surface area contributed by atoms with E-state index >= 15 is 0 Å². The summed E-state index contributed by atoms with van der Waals surface area (Å²) in [6.07, 6.45) is 7.90. The van der Waals surface area contributed by atoms with E-state index in [9.17, 15) is 4.79 Å². The first kappa shape index (κ1) is 16.4. The van der Waals surface area contributed by atoms with Crippen LogP contribution in [0.4, 0.5) is 0 Å². The molecular formula is C15H26Cl2N2O. The first-order valence-corrected chi connectivity index (χ1v) is 8.33. The SMILES string of the molecule is CN(C)C1(CNC(=O)C2(C)CC2(Cl)Cl)CCCCCC1. The van der Waals surface area contributed by atoms with Gasteiger partial charge in [0.15, 0.2) is 0 Å². The standard InChI is InChI=1S/C15H26Cl2N2O/c1-13(10-15(13,16)17)12(20)18-11-14(19(2)3)8-6-4-5-7-9-14/h4-11H2,1-3H3,(H,18,20). The molecule has 5 heteroatoms. The van der Waals surface area contributed by atoms with E-state index in [1.807, 2.05) is 6.92 Å². The number of halogens is 2. The number of carbonyl (C=O) groups is 1. The molecule has 0 aromatic carbocycles. The van der Waals surface area contributed by atoms with Crippen molar-refractivity contribution in [1.82, 2.24) is 10.2 Å². The predicted molar refractivity (Wildman–Crippen MR) is 84.3 cm³/mol. The van der Waals surface area contributed by atoms with Crippen molar-refractivity contribution in [1.29, 1.82) is 0 Å². The van der Waals surface area contributed by atoms with Crippen molar-refractivity contribution in [2.45, 2.75) is 61.7 Å². The molecule has 1 amide bonds. The van der Waals surface area contributed by atoms with Crippen molar-refractivity contribution < 1.29 is 4.79 Å². The van der Waals surface area contributed by atoms with Crippen LogP contribution in [0, 0.1) is 5.41 Å². The van der Waals surface area contributed by atoms with Crippen molar-refractivity contribution in [3.05, 3.63) is 0 Å². The lowest BCUT2D eigenvalue weighted by molar-refractivity contribution is -0.126. The molecule has 116 valence electrons. The van der Waals surface area contributed by atoms with Gasteiger partial charge in [-0.1, -0.05) is 25.7 Å². The number of nitrogens with one attached hydrogen (secondary N) is 1. The average molecular weight is 321 g/mol. The molecule has 1 N–H and O–H groups in total. The van der Waals surface area contributed by atoms with Crippen LogP contribution >= 0.6 is 23.2 Å². The number of hydrogen-bond acceptors (Lipinski definition) is 2. The minimum Gasteiger partial charge on any atom is -0.354 e. The lowest BCUT2D eigenvalue weighted by atomic mass is 9.88. The molecule has 2 rings (SSSR count). The average Bonchev–Trinajstić information content (AvgIpc) is 2.98. The molecule has 0 aromatic heterocycles. The maximum absolute atomic E-state index is 12.3. The van der Waals surface area contributed by atoms with Crippen LogP contribution in [0.3, 0.4) is 0 Å². The van der Waals surface area contributed by atoms with Gasteiger partial charge in [0.05, 0.1) is 5.41 Å². The zero-order valence-electron chi connectivity index (χ0n) is 12.8. The van der Waals surface area contributed by atoms with Crippen LogP contribution in [-0.2, 0) is 4.79 Å². The van der Waals surface area contributed by atoms with E-state index in [4.69, 9.17) is 23.2 Å². The Morgan fingerprint density at radius 3 is 2.05 bits per heavy atom. The molecule has 1 atom stereocenters. The van der Waals surface area contributed by atoms with Crippen molar-refractivity contribution in [3.8, 4) is 0 Å². The Labute approximate surface area is 132 Å². The number of alkyl halides is 2. The third-order valence-corrected chi connectivity index (χ3v) is 6.42. The molecule has 1 unspecified atom stereocenters. The Kier molecular flexibility index (Phi) is 4.63. The first-order valence-electron chi connectivity index (χ1n) is 7.57. The second kappa shape index (κ2) is 5.66. The molecular weight excluding hydrogens is 295 g/mol. The van der Waals surface area contributed by atoms with Gasteiger partial charge in [0.2, 0.25) is 5.91 Å². The second-order valence-electron chi connectivity index (χ2n) is 6.93. The van der Waals surface area contributed by atoms with Gasteiger partial charge in [-0.3, -0.25) is 4.79 Å². The molecule has 2 aliphatic carbocycles. The summed E-state index contributed by atoms with van der Waals surface area (Å²) in [6.45, 7) is 2.54. The zero-order valence-corrected chi connectivity index (χ0v) is 14.3. The number of nitrogens with zero attached hydrogens (tertiary/aromatic N) is 1. The quantitative estimate of drug-likeness (QED) is 0.636. The Hall–Kier alpha value is 0.01000. The largest absolute Gasteiger partial charge is 0.354 e. The summed E-state index contributed by atoms with van der Waals surface area (Å²) in [6, 6.07) is 0. The fourth-order valence-electron chi connectivity index (χ4n) is 3.25. The van der Waals surface area contributed by atoms with Gasteiger partial charge in [-0.25, -0.2) is 0 Å². The van der Waals surface area contributed by atoms with Crippen LogP contribution in [-0.4, -0.2) is 41.3 Å². The minimum atomic E-state index is -0.883. The van der Waals surface area contributed by atoms with Crippen LogP contribution < -0.4 is 5.32 Å². The van der Waals surface area contributed by atoms with Gasteiger partial charge in [-0.2, -0.15) is 0 Å². The number of amides is 1. The molecule has 0 radical (unpaired) electrons. The Morgan fingerprint density at radius 1 is 1.15 bits per heavy atom. The molecule has 0 aliphatic heterocycles. The predicted octanol–water partition coefficient (Wildman–Crippen LogP) is 3.34. The topological polar surface area (TPSA) is 32.3 Å². The van der Waals surface area contributed by atoms with Crippen molar-refractivity contribution in [3.63, 3.8) is 0 Å². The van der Waals surface area contributed by atoms with Crippen LogP contribution in [0.15, 0.2) is 0 Å². The fourth-order valence-corrected chi connectivity index (χ4v) is 3.96. The molecule has 0 spiro atoms. The number of hydrogen-bond donors (Lipinski definition) is 1. The first-order chi connectivity index (χ1) is 9.24. The van der Waals surface area contributed by atoms with Gasteiger partial charge in [-0.15, -0.1) is 23.2 Å². The normalized spacial score (nSPS) is 31.7. The summed E-state index contributed by atoms with van der Waals surface area (Å²) in [5, 5.41) is 3.11. The highest BCUT2D eigenvalue weighted by molar-refractivity contribution is 6.53. The summed E-state index contributed by atoms with van der Waals surface area (Å²) >= 11 is 12.2. The lowest BCUT2D eigenvalue weighted by Crippen LogP contribution is -2.53. The van der Waals surface area contributed by atoms with E-state index in [1.54, 1.807) is 0 Å². The highest BCUT2D eigenvalue weighted by Crippen LogP contribution is 2.63. The second-order valence-corrected chi connectivity index (χ2v) is 8.41. The summed E-state index contributed by atoms with van der Waals surface area (Å²) < 4.78 is -0.883. The molecule has 0 saturated heterocycles. The highest BCUT2D eigenvalue weighted by Gasteiger charge is 2.67. The van der Waals surface area contributed by atoms with Crippen LogP contribution in [0.25, 0.3) is 0 Å². The fraction of sp³-hybridized carbons (Fsp3) is 0.933. The van der Waals surface area contributed by atoms with Gasteiger partial charge < -0.3 is 10.2 Å². The Balaban J connectivity index is 1.98. The molecule has 3 nitrogen and oxygen atoms in total. The molecule has 2 aliphatic rings.